The summed E-state index contributed by atoms with van der Waals surface area (Å²) in [6, 6.07) is 63.7. The number of nitriles is 2. The van der Waals surface area contributed by atoms with E-state index in [1.807, 2.05) is 184 Å². The third kappa shape index (κ3) is 26.2. The topological polar surface area (TPSA) is 209 Å². The number of rotatable bonds is 10. The van der Waals surface area contributed by atoms with Gasteiger partial charge in [0.25, 0.3) is 0 Å². The van der Waals surface area contributed by atoms with Gasteiger partial charge in [-0.15, -0.1) is 11.6 Å². The summed E-state index contributed by atoms with van der Waals surface area (Å²) in [4.78, 5) is 65.8. The van der Waals surface area contributed by atoms with Gasteiger partial charge in [0, 0.05) is 86.9 Å². The molecule has 0 radical (unpaired) electrons. The van der Waals surface area contributed by atoms with Crippen LogP contribution in [0.5, 0.6) is 0 Å². The second-order valence-electron chi connectivity index (χ2n) is 29.9. The maximum atomic E-state index is 12.5. The summed E-state index contributed by atoms with van der Waals surface area (Å²) in [7, 11) is 0. The van der Waals surface area contributed by atoms with Crippen LogP contribution in [-0.2, 0) is 64.2 Å². The van der Waals surface area contributed by atoms with Crippen molar-refractivity contribution in [2.24, 2.45) is 10.8 Å². The lowest BCUT2D eigenvalue weighted by molar-refractivity contribution is 0.0924. The quantitative estimate of drug-likeness (QED) is 0.0999. The Balaban J connectivity index is 0.000000153. The fourth-order valence-corrected chi connectivity index (χ4v) is 14.5. The van der Waals surface area contributed by atoms with Gasteiger partial charge in [-0.2, -0.15) is 10.5 Å². The molecule has 576 valence electrons. The maximum Gasteiger partial charge on any atom is 0.211 e. The van der Waals surface area contributed by atoms with E-state index < -0.39 is 6.10 Å². The molecule has 0 saturated heterocycles. The van der Waals surface area contributed by atoms with Gasteiger partial charge in [0.1, 0.15) is 52.1 Å². The molecule has 12 aromatic rings. The molecule has 0 aliphatic heterocycles. The zero-order chi connectivity index (χ0) is 81.2. The molecule has 5 aromatic carbocycles. The normalized spacial score (nSPS) is 13.3. The molecule has 3 aliphatic carbocycles. The van der Waals surface area contributed by atoms with Crippen LogP contribution in [-0.4, -0.2) is 57.3 Å². The predicted molar refractivity (Wildman–Crippen MR) is 455 cm³/mol. The van der Waals surface area contributed by atoms with E-state index in [-0.39, 0.29) is 33.6 Å². The van der Waals surface area contributed by atoms with Gasteiger partial charge < -0.3 is 5.11 Å². The Kier molecular flexibility index (Phi) is 32.3. The highest BCUT2D eigenvalue weighted by molar-refractivity contribution is 6.32. The zero-order valence-electron chi connectivity index (χ0n) is 64.5. The Morgan fingerprint density at radius 3 is 1.39 bits per heavy atom. The van der Waals surface area contributed by atoms with Gasteiger partial charge in [-0.25, -0.2) is 9.97 Å². The number of benzene rings is 5. The third-order valence-corrected chi connectivity index (χ3v) is 20.2. The average molecular weight is 1620 g/mol. The summed E-state index contributed by atoms with van der Waals surface area (Å²) in [6.45, 7) is 16.2. The second kappa shape index (κ2) is 42.1. The number of fused-ring (bicyclic) bond motifs is 6. The van der Waals surface area contributed by atoms with Gasteiger partial charge in [-0.05, 0) is 276 Å². The van der Waals surface area contributed by atoms with Crippen molar-refractivity contribution in [2.75, 3.05) is 0 Å². The lowest BCUT2D eigenvalue weighted by Crippen LogP contribution is -2.16. The number of halogens is 6. The van der Waals surface area contributed by atoms with Crippen molar-refractivity contribution in [1.29, 1.82) is 10.5 Å². The summed E-state index contributed by atoms with van der Waals surface area (Å²) in [5, 5.41) is 31.2. The summed E-state index contributed by atoms with van der Waals surface area (Å²) < 4.78 is 0. The third-order valence-electron chi connectivity index (χ3n) is 18.6. The van der Waals surface area contributed by atoms with Crippen LogP contribution in [0.1, 0.15) is 204 Å². The predicted octanol–water partition coefficient (Wildman–Crippen LogP) is 22.9. The monoisotopic (exact) mass is 1620 g/mol. The first-order chi connectivity index (χ1) is 54.1. The van der Waals surface area contributed by atoms with E-state index in [1.54, 1.807) is 55.5 Å². The second-order valence-corrected chi connectivity index (χ2v) is 32.5. The van der Waals surface area contributed by atoms with Crippen LogP contribution >= 0.6 is 69.6 Å². The molecule has 13 nitrogen and oxygen atoms in total. The molecule has 7 aromatic heterocycles. The largest absolute Gasteiger partial charge is 0.382 e. The number of hydrogen-bond donors (Lipinski definition) is 1. The number of Topliss-reactive ketones (excluding diaryl/α,β-unsaturated/α-hetero) is 2. The average Bonchev–Trinajstić information content (AvgIpc) is 1.68. The van der Waals surface area contributed by atoms with Gasteiger partial charge in [0.05, 0.1) is 11.4 Å². The van der Waals surface area contributed by atoms with Crippen molar-refractivity contribution < 1.29 is 19.5 Å². The van der Waals surface area contributed by atoms with E-state index in [9.17, 15) is 19.5 Å². The van der Waals surface area contributed by atoms with E-state index in [0.29, 0.717) is 46.3 Å². The molecule has 7 heterocycles. The van der Waals surface area contributed by atoms with Crippen LogP contribution in [0.3, 0.4) is 0 Å². The molecule has 0 amide bonds. The summed E-state index contributed by atoms with van der Waals surface area (Å²) in [5.74, 6) is 0.259. The molecule has 19 heteroatoms. The minimum atomic E-state index is -0.638. The molecule has 0 bridgehead atoms. The number of carbonyl (C=O) groups is 3. The van der Waals surface area contributed by atoms with E-state index >= 15 is 0 Å². The Labute approximate surface area is 693 Å². The van der Waals surface area contributed by atoms with E-state index in [0.717, 1.165) is 157 Å². The molecule has 113 heavy (non-hydrogen) atoms. The number of aliphatic hydroxyl groups is 1. The number of carbonyl (C=O) groups excluding carboxylic acids is 3. The fraction of sp³-hybridized carbons (Fsp3) is 0.255. The van der Waals surface area contributed by atoms with Crippen molar-refractivity contribution in [1.82, 2.24) is 34.9 Å². The number of aromatic nitrogens is 7. The molecule has 2 atom stereocenters. The van der Waals surface area contributed by atoms with Crippen LogP contribution in [0.4, 0.5) is 0 Å². The number of ketones is 3. The Hall–Kier alpha value is -10.2. The highest BCUT2D eigenvalue weighted by Crippen LogP contribution is 2.38. The molecular formula is C94H89Cl6N9O4. The Bertz CT molecular complexity index is 5270. The first kappa shape index (κ1) is 86.8. The van der Waals surface area contributed by atoms with Gasteiger partial charge in [0.15, 0.2) is 11.6 Å². The Morgan fingerprint density at radius 1 is 0.416 bits per heavy atom. The number of aliphatic hydroxyl groups excluding tert-OH is 1. The van der Waals surface area contributed by atoms with Crippen molar-refractivity contribution in [3.63, 3.8) is 0 Å². The summed E-state index contributed by atoms with van der Waals surface area (Å²) in [6.07, 6.45) is 20.9. The fourth-order valence-electron chi connectivity index (χ4n) is 13.0. The van der Waals surface area contributed by atoms with E-state index in [4.69, 9.17) is 80.1 Å². The Morgan fingerprint density at radius 2 is 0.832 bits per heavy atom. The molecule has 2 unspecified atom stereocenters. The van der Waals surface area contributed by atoms with Gasteiger partial charge in [0.2, 0.25) is 5.78 Å². The summed E-state index contributed by atoms with van der Waals surface area (Å²) in [5.41, 5.74) is 20.3. The van der Waals surface area contributed by atoms with Crippen LogP contribution in [0.15, 0.2) is 231 Å². The first-order valence-corrected chi connectivity index (χ1v) is 39.6. The molecule has 0 fully saturated rings. The van der Waals surface area contributed by atoms with Gasteiger partial charge >= 0.3 is 0 Å². The van der Waals surface area contributed by atoms with Crippen molar-refractivity contribution >= 4 is 87.0 Å². The van der Waals surface area contributed by atoms with Gasteiger partial charge in [-0.1, -0.05) is 178 Å². The summed E-state index contributed by atoms with van der Waals surface area (Å²) >= 11 is 36.4. The number of pyridine rings is 7. The number of alkyl halides is 1. The van der Waals surface area contributed by atoms with Crippen LogP contribution in [0.2, 0.25) is 25.1 Å². The molecule has 3 aliphatic rings. The zero-order valence-corrected chi connectivity index (χ0v) is 69.1. The maximum absolute atomic E-state index is 12.5. The van der Waals surface area contributed by atoms with Crippen molar-refractivity contribution in [3.8, 4) is 12.1 Å². The molecule has 0 spiro atoms. The first-order valence-electron chi connectivity index (χ1n) is 37.3. The minimum Gasteiger partial charge on any atom is -0.382 e. The molecule has 15 rings (SSSR count). The number of aryl methyl sites for hydroxylation is 12. The highest BCUT2D eigenvalue weighted by atomic mass is 35.5. The molecule has 1 N–H and O–H groups in total. The minimum absolute atomic E-state index is 0.00441. The SMILES string of the molecule is CC(C)(C)CC(=O)c1ncccc1CCc1cccc(Cl)c1.Cc1cccnc1C#N.Cc1cccnc1C(=O)CC(C)(C)C.Clc1ccc2c(c1)CCc1cccnc1C2Cl.N#Cc1ncccc1CCc1cccc(Cl)c1.O=C1c2ccc(Cl)cc2CCc2cccnc21.OC1c2ccc(Cl)cc2CCc2cccnc21. The van der Waals surface area contributed by atoms with E-state index in [1.165, 1.54) is 22.3 Å². The smallest absolute Gasteiger partial charge is 0.211 e. The van der Waals surface area contributed by atoms with Crippen molar-refractivity contribution in [2.45, 2.75) is 144 Å². The lowest BCUT2D eigenvalue weighted by Gasteiger charge is -2.17. The van der Waals surface area contributed by atoms with Crippen LogP contribution in [0.25, 0.3) is 0 Å². The van der Waals surface area contributed by atoms with Gasteiger partial charge in [-0.3, -0.25) is 39.3 Å². The standard InChI is InChI=1S/C19H22ClNO.C14H11Cl2N.C14H11ClN2.C14H12ClNO.C14H10ClNO.C12H17NO.C7H6N2/c1-19(2,3)13-17(22)18-15(7-5-11-21-18)10-9-14-6-4-8-16(20)12-14;15-11-5-6-12-10(8-11)4-3-9-2-1-7-17-14(9)13(12)16;15-13-5-1-3-11(9-13)6-7-12-4-2-8-17-14(12)10-16;2*15-11-5-6-12-10(8-11)4-3-9-2-1-7-16-13(9)14(12)17;1-9-6-5-7-13-11(9)10(14)8-12(2,3)4;1-6-3-2-4-9-7(6)5-8/h4-8,11-12H,9-10,13H2,1-3H3;1-2,5-8,13H,3-4H2;1-5,8-9H,6-7H2;1-2,5-8,14,17H,3-4H2;1-2,5-8H,3-4H2;5-7H,8H2,1-4H3;2-4H,1H3. The van der Waals surface area contributed by atoms with E-state index in [2.05, 4.69) is 94.6 Å². The number of nitrogens with zero attached hydrogens (tertiary/aromatic N) is 9. The molecule has 0 saturated carbocycles. The van der Waals surface area contributed by atoms with Crippen LogP contribution in [0, 0.1) is 47.3 Å². The highest BCUT2D eigenvalue weighted by Gasteiger charge is 2.27. The molecular weight excluding hydrogens is 1530 g/mol. The van der Waals surface area contributed by atoms with Crippen molar-refractivity contribution in [3.05, 3.63) is 380 Å². The van der Waals surface area contributed by atoms with Crippen LogP contribution < -0.4 is 0 Å². The lowest BCUT2D eigenvalue weighted by atomic mass is 9.88. The number of hydrogen-bond acceptors (Lipinski definition) is 13.